The third kappa shape index (κ3) is 5.04. The molecule has 1 aliphatic rings. The SMILES string of the molecule is Cl.NCCNC(=O)C1CCCN(S(=O)(=O)c2cc(Cl)ccc2[N+](=O)[O-])C1. The first-order valence-electron chi connectivity index (χ1n) is 7.69. The smallest absolute Gasteiger partial charge is 0.289 e. The normalized spacial score (nSPS) is 18.0. The van der Waals surface area contributed by atoms with Gasteiger partial charge in [0.15, 0.2) is 4.90 Å². The summed E-state index contributed by atoms with van der Waals surface area (Å²) in [4.78, 5) is 22.0. The number of carbonyl (C=O) groups excluding carboxylic acids is 1. The zero-order valence-electron chi connectivity index (χ0n) is 13.8. The largest absolute Gasteiger partial charge is 0.355 e. The van der Waals surface area contributed by atoms with Gasteiger partial charge in [0, 0.05) is 37.3 Å². The molecule has 1 heterocycles. The molecule has 0 aromatic heterocycles. The van der Waals surface area contributed by atoms with Crippen molar-refractivity contribution in [2.24, 2.45) is 11.7 Å². The summed E-state index contributed by atoms with van der Waals surface area (Å²) in [7, 11) is -4.14. The number of hydrogen-bond donors (Lipinski definition) is 2. The van der Waals surface area contributed by atoms with E-state index in [2.05, 4.69) is 5.32 Å². The molecule has 1 saturated heterocycles. The molecule has 12 heteroatoms. The second kappa shape index (κ2) is 9.47. The van der Waals surface area contributed by atoms with Crippen molar-refractivity contribution in [2.45, 2.75) is 17.7 Å². The molecule has 0 aliphatic carbocycles. The minimum Gasteiger partial charge on any atom is -0.355 e. The summed E-state index contributed by atoms with van der Waals surface area (Å²) in [5.74, 6) is -0.792. The van der Waals surface area contributed by atoms with Gasteiger partial charge in [-0.3, -0.25) is 14.9 Å². The second-order valence-electron chi connectivity index (χ2n) is 5.65. The van der Waals surface area contributed by atoms with E-state index in [9.17, 15) is 23.3 Å². The molecule has 1 unspecified atom stereocenters. The highest BCUT2D eigenvalue weighted by atomic mass is 35.5. The molecule has 1 aromatic rings. The number of amides is 1. The Morgan fingerprint density at radius 2 is 2.15 bits per heavy atom. The molecule has 9 nitrogen and oxygen atoms in total. The lowest BCUT2D eigenvalue weighted by Gasteiger charge is -2.31. The third-order valence-electron chi connectivity index (χ3n) is 3.93. The lowest BCUT2D eigenvalue weighted by molar-refractivity contribution is -0.387. The van der Waals surface area contributed by atoms with Crippen LogP contribution in [0.5, 0.6) is 0 Å². The number of piperidine rings is 1. The summed E-state index contributed by atoms with van der Waals surface area (Å²) >= 11 is 5.82. The van der Waals surface area contributed by atoms with Crippen LogP contribution in [0.3, 0.4) is 0 Å². The monoisotopic (exact) mass is 426 g/mol. The van der Waals surface area contributed by atoms with Gasteiger partial charge in [0.1, 0.15) is 0 Å². The zero-order chi connectivity index (χ0) is 18.6. The maximum atomic E-state index is 12.9. The quantitative estimate of drug-likeness (QED) is 0.516. The van der Waals surface area contributed by atoms with Crippen LogP contribution in [0.2, 0.25) is 5.02 Å². The van der Waals surface area contributed by atoms with Gasteiger partial charge in [-0.25, -0.2) is 8.42 Å². The molecule has 2 rings (SSSR count). The van der Waals surface area contributed by atoms with Crippen molar-refractivity contribution in [1.82, 2.24) is 9.62 Å². The third-order valence-corrected chi connectivity index (χ3v) is 6.06. The van der Waals surface area contributed by atoms with Crippen LogP contribution in [0.15, 0.2) is 23.1 Å². The van der Waals surface area contributed by atoms with Crippen molar-refractivity contribution >= 4 is 45.6 Å². The van der Waals surface area contributed by atoms with E-state index in [4.69, 9.17) is 17.3 Å². The van der Waals surface area contributed by atoms with Crippen molar-refractivity contribution in [3.8, 4) is 0 Å². The highest BCUT2D eigenvalue weighted by Gasteiger charge is 2.36. The standard InChI is InChI=1S/C14H19ClN4O5S.ClH/c15-11-3-4-12(19(21)22)13(8-11)25(23,24)18-7-1-2-10(9-18)14(20)17-6-5-16;/h3-4,8,10H,1-2,5-7,9,16H2,(H,17,20);1H. The number of nitrogens with one attached hydrogen (secondary N) is 1. The van der Waals surface area contributed by atoms with E-state index >= 15 is 0 Å². The number of benzene rings is 1. The number of rotatable bonds is 6. The van der Waals surface area contributed by atoms with E-state index in [0.29, 0.717) is 19.4 Å². The Balaban J connectivity index is 0.00000338. The van der Waals surface area contributed by atoms with Gasteiger partial charge in [-0.15, -0.1) is 12.4 Å². The maximum absolute atomic E-state index is 12.9. The van der Waals surface area contributed by atoms with Gasteiger partial charge >= 0.3 is 0 Å². The highest BCUT2D eigenvalue weighted by Crippen LogP contribution is 2.31. The average molecular weight is 427 g/mol. The average Bonchev–Trinajstić information content (AvgIpc) is 2.59. The topological polar surface area (TPSA) is 136 Å². The molecule has 1 fully saturated rings. The van der Waals surface area contributed by atoms with Crippen LogP contribution in [0.1, 0.15) is 12.8 Å². The van der Waals surface area contributed by atoms with Gasteiger partial charge in [-0.1, -0.05) is 11.6 Å². The fourth-order valence-corrected chi connectivity index (χ4v) is 4.64. The Morgan fingerprint density at radius 3 is 2.77 bits per heavy atom. The number of nitrogens with two attached hydrogens (primary N) is 1. The lowest BCUT2D eigenvalue weighted by atomic mass is 9.99. The summed E-state index contributed by atoms with van der Waals surface area (Å²) < 4.78 is 26.8. The molecule has 3 N–H and O–H groups in total. The van der Waals surface area contributed by atoms with Crippen LogP contribution >= 0.6 is 24.0 Å². The minimum absolute atomic E-state index is 0. The van der Waals surface area contributed by atoms with Gasteiger partial charge in [-0.2, -0.15) is 4.31 Å². The summed E-state index contributed by atoms with van der Waals surface area (Å²) in [5, 5.41) is 13.9. The minimum atomic E-state index is -4.14. The second-order valence-corrected chi connectivity index (χ2v) is 7.99. The van der Waals surface area contributed by atoms with Crippen molar-refractivity contribution in [1.29, 1.82) is 0 Å². The van der Waals surface area contributed by atoms with Crippen molar-refractivity contribution in [2.75, 3.05) is 26.2 Å². The molecule has 0 bridgehead atoms. The zero-order valence-corrected chi connectivity index (χ0v) is 16.1. The molecule has 0 saturated carbocycles. The predicted molar refractivity (Wildman–Crippen MR) is 98.9 cm³/mol. The van der Waals surface area contributed by atoms with E-state index in [0.717, 1.165) is 16.4 Å². The van der Waals surface area contributed by atoms with Crippen LogP contribution < -0.4 is 11.1 Å². The Labute approximate surface area is 162 Å². The molecule has 1 amide bonds. The van der Waals surface area contributed by atoms with Gasteiger partial charge in [0.25, 0.3) is 5.69 Å². The first kappa shape index (κ1) is 22.6. The van der Waals surface area contributed by atoms with Gasteiger partial charge in [-0.05, 0) is 25.0 Å². The fraction of sp³-hybridized carbons (Fsp3) is 0.500. The first-order chi connectivity index (χ1) is 11.8. The first-order valence-corrected chi connectivity index (χ1v) is 9.51. The molecule has 1 atom stereocenters. The molecular formula is C14H20Cl2N4O5S. The van der Waals surface area contributed by atoms with Crippen LogP contribution in [0.4, 0.5) is 5.69 Å². The van der Waals surface area contributed by atoms with Crippen LogP contribution in [0, 0.1) is 16.0 Å². The molecular weight excluding hydrogens is 407 g/mol. The Kier molecular flexibility index (Phi) is 8.22. The van der Waals surface area contributed by atoms with Crippen LogP contribution in [0.25, 0.3) is 0 Å². The molecule has 26 heavy (non-hydrogen) atoms. The van der Waals surface area contributed by atoms with Crippen molar-refractivity contribution in [3.63, 3.8) is 0 Å². The van der Waals surface area contributed by atoms with E-state index in [-0.39, 0.29) is 43.0 Å². The number of nitrogens with zero attached hydrogens (tertiary/aromatic N) is 2. The number of carbonyl (C=O) groups is 1. The highest BCUT2D eigenvalue weighted by molar-refractivity contribution is 7.89. The van der Waals surface area contributed by atoms with Crippen molar-refractivity contribution < 1.29 is 18.1 Å². The summed E-state index contributed by atoms with van der Waals surface area (Å²) in [6.07, 6.45) is 1.02. The van der Waals surface area contributed by atoms with Crippen LogP contribution in [-0.4, -0.2) is 49.7 Å². The Hall–Kier alpha value is -1.46. The van der Waals surface area contributed by atoms with Crippen molar-refractivity contribution in [3.05, 3.63) is 33.3 Å². The molecule has 146 valence electrons. The molecule has 1 aliphatic heterocycles. The molecule has 1 aromatic carbocycles. The van der Waals surface area contributed by atoms with Crippen LogP contribution in [-0.2, 0) is 14.8 Å². The number of sulfonamides is 1. The van der Waals surface area contributed by atoms with Gasteiger partial charge in [0.2, 0.25) is 15.9 Å². The van der Waals surface area contributed by atoms with Gasteiger partial charge in [0.05, 0.1) is 10.8 Å². The van der Waals surface area contributed by atoms with E-state index in [1.54, 1.807) is 0 Å². The number of halogens is 2. The van der Waals surface area contributed by atoms with E-state index < -0.39 is 31.4 Å². The summed E-state index contributed by atoms with van der Waals surface area (Å²) in [5.41, 5.74) is 4.80. The van der Waals surface area contributed by atoms with Gasteiger partial charge < -0.3 is 11.1 Å². The van der Waals surface area contributed by atoms with E-state index in [1.807, 2.05) is 0 Å². The lowest BCUT2D eigenvalue weighted by Crippen LogP contribution is -2.46. The molecule has 0 spiro atoms. The summed E-state index contributed by atoms with van der Waals surface area (Å²) in [6, 6.07) is 3.38. The maximum Gasteiger partial charge on any atom is 0.289 e. The number of nitro groups is 1. The Bertz CT molecular complexity index is 775. The predicted octanol–water partition coefficient (Wildman–Crippen LogP) is 1.15. The number of nitro benzene ring substituents is 1. The van der Waals surface area contributed by atoms with E-state index in [1.165, 1.54) is 6.07 Å². The summed E-state index contributed by atoms with van der Waals surface area (Å²) in [6.45, 7) is 0.742. The fourth-order valence-electron chi connectivity index (χ4n) is 2.70. The Morgan fingerprint density at radius 1 is 1.46 bits per heavy atom. The molecule has 0 radical (unpaired) electrons. The number of hydrogen-bond acceptors (Lipinski definition) is 6.